The molecule has 0 radical (unpaired) electrons. The zero-order valence-electron chi connectivity index (χ0n) is 9.55. The quantitative estimate of drug-likeness (QED) is 0.826. The first-order valence-electron chi connectivity index (χ1n) is 5.42. The van der Waals surface area contributed by atoms with Crippen LogP contribution in [-0.4, -0.2) is 9.67 Å². The zero-order valence-corrected chi connectivity index (χ0v) is 9.55. The molecule has 4 nitrogen and oxygen atoms in total. The van der Waals surface area contributed by atoms with Crippen LogP contribution >= 0.6 is 0 Å². The third-order valence-electron chi connectivity index (χ3n) is 2.74. The van der Waals surface area contributed by atoms with Gasteiger partial charge in [-0.1, -0.05) is 18.2 Å². The van der Waals surface area contributed by atoms with E-state index in [0.717, 1.165) is 0 Å². The Morgan fingerprint density at radius 3 is 2.59 bits per heavy atom. The first-order chi connectivity index (χ1) is 8.15. The van der Waals surface area contributed by atoms with Crippen molar-refractivity contribution in [3.05, 3.63) is 46.9 Å². The molecule has 1 aromatic carbocycles. The largest absolute Gasteiger partial charge is 0.507 e. The van der Waals surface area contributed by atoms with Crippen LogP contribution in [-0.2, 0) is 6.54 Å². The average Bonchev–Trinajstić information content (AvgIpc) is 2.34. The molecular formula is C13H14N2O2. The topological polar surface area (TPSA) is 68.2 Å². The second-order valence-electron chi connectivity index (χ2n) is 3.75. The van der Waals surface area contributed by atoms with Crippen molar-refractivity contribution in [3.63, 3.8) is 0 Å². The van der Waals surface area contributed by atoms with Crippen molar-refractivity contribution in [3.8, 4) is 16.9 Å². The van der Waals surface area contributed by atoms with Gasteiger partial charge in [-0.2, -0.15) is 0 Å². The number of aromatic hydroxyl groups is 1. The van der Waals surface area contributed by atoms with Crippen molar-refractivity contribution in [2.45, 2.75) is 13.5 Å². The number of benzene rings is 1. The Kier molecular flexibility index (Phi) is 2.87. The third-order valence-corrected chi connectivity index (χ3v) is 2.74. The van der Waals surface area contributed by atoms with Crippen molar-refractivity contribution in [2.75, 3.05) is 5.73 Å². The molecule has 0 fully saturated rings. The van der Waals surface area contributed by atoms with E-state index >= 15 is 0 Å². The van der Waals surface area contributed by atoms with Crippen LogP contribution in [0.3, 0.4) is 0 Å². The van der Waals surface area contributed by atoms with Gasteiger partial charge in [0.2, 0.25) is 0 Å². The average molecular weight is 230 g/mol. The Morgan fingerprint density at radius 1 is 1.24 bits per heavy atom. The molecule has 0 saturated heterocycles. The summed E-state index contributed by atoms with van der Waals surface area (Å²) in [6.07, 6.45) is 1.68. The maximum absolute atomic E-state index is 11.9. The molecule has 2 aromatic rings. The molecule has 3 N–H and O–H groups in total. The van der Waals surface area contributed by atoms with Crippen LogP contribution in [0.5, 0.6) is 5.75 Å². The molecular weight excluding hydrogens is 216 g/mol. The summed E-state index contributed by atoms with van der Waals surface area (Å²) in [6, 6.07) is 8.56. The standard InChI is InChI=1S/C13H14N2O2/c1-2-15-8-7-10(12(14)13(15)17)9-5-3-4-6-11(9)16/h3-8,16H,2,14H2,1H3. The number of nitrogens with zero attached hydrogens (tertiary/aromatic N) is 1. The van der Waals surface area contributed by atoms with Crippen molar-refractivity contribution in [1.29, 1.82) is 0 Å². The fourth-order valence-electron chi connectivity index (χ4n) is 1.78. The third kappa shape index (κ3) is 1.89. The molecule has 0 spiro atoms. The van der Waals surface area contributed by atoms with E-state index in [9.17, 15) is 9.90 Å². The van der Waals surface area contributed by atoms with Gasteiger partial charge in [0.15, 0.2) is 0 Å². The van der Waals surface area contributed by atoms with Gasteiger partial charge in [0.05, 0.1) is 0 Å². The van der Waals surface area contributed by atoms with Crippen LogP contribution in [0.4, 0.5) is 5.69 Å². The highest BCUT2D eigenvalue weighted by Gasteiger charge is 2.10. The van der Waals surface area contributed by atoms with Gasteiger partial charge in [0.1, 0.15) is 11.4 Å². The summed E-state index contributed by atoms with van der Waals surface area (Å²) >= 11 is 0. The molecule has 0 aliphatic heterocycles. The first kappa shape index (κ1) is 11.3. The minimum atomic E-state index is -0.228. The van der Waals surface area contributed by atoms with Gasteiger partial charge in [-0.15, -0.1) is 0 Å². The normalized spacial score (nSPS) is 10.4. The monoisotopic (exact) mass is 230 g/mol. The molecule has 1 heterocycles. The molecule has 17 heavy (non-hydrogen) atoms. The fraction of sp³-hybridized carbons (Fsp3) is 0.154. The molecule has 0 atom stereocenters. The number of aromatic nitrogens is 1. The van der Waals surface area contributed by atoms with E-state index in [0.29, 0.717) is 17.7 Å². The number of hydrogen-bond acceptors (Lipinski definition) is 3. The molecule has 4 heteroatoms. The van der Waals surface area contributed by atoms with Gasteiger partial charge in [-0.3, -0.25) is 4.79 Å². The Bertz CT molecular complexity index is 603. The van der Waals surface area contributed by atoms with Gasteiger partial charge in [0, 0.05) is 23.9 Å². The molecule has 0 unspecified atom stereocenters. The molecule has 0 saturated carbocycles. The zero-order chi connectivity index (χ0) is 12.4. The fourth-order valence-corrected chi connectivity index (χ4v) is 1.78. The first-order valence-corrected chi connectivity index (χ1v) is 5.42. The summed E-state index contributed by atoms with van der Waals surface area (Å²) in [6.45, 7) is 2.45. The van der Waals surface area contributed by atoms with Crippen molar-refractivity contribution >= 4 is 5.69 Å². The lowest BCUT2D eigenvalue weighted by Gasteiger charge is -2.09. The van der Waals surface area contributed by atoms with Gasteiger partial charge < -0.3 is 15.4 Å². The molecule has 0 amide bonds. The van der Waals surface area contributed by atoms with E-state index in [1.165, 1.54) is 4.57 Å². The van der Waals surface area contributed by atoms with E-state index < -0.39 is 0 Å². The maximum Gasteiger partial charge on any atom is 0.274 e. The summed E-state index contributed by atoms with van der Waals surface area (Å²) < 4.78 is 1.53. The van der Waals surface area contributed by atoms with Crippen molar-refractivity contribution in [2.24, 2.45) is 0 Å². The predicted molar refractivity (Wildman–Crippen MR) is 67.9 cm³/mol. The number of nitrogens with two attached hydrogens (primary N) is 1. The minimum absolute atomic E-state index is 0.118. The van der Waals surface area contributed by atoms with Crippen LogP contribution in [0, 0.1) is 0 Å². The van der Waals surface area contributed by atoms with Crippen molar-refractivity contribution in [1.82, 2.24) is 4.57 Å². The van der Waals surface area contributed by atoms with E-state index in [1.54, 1.807) is 36.5 Å². The number of nitrogen functional groups attached to an aromatic ring is 1. The SMILES string of the molecule is CCn1ccc(-c2ccccc2O)c(N)c1=O. The highest BCUT2D eigenvalue weighted by Crippen LogP contribution is 2.30. The van der Waals surface area contributed by atoms with Crippen LogP contribution < -0.4 is 11.3 Å². The summed E-state index contributed by atoms with van der Waals surface area (Å²) in [4.78, 5) is 11.9. The van der Waals surface area contributed by atoms with Gasteiger partial charge in [-0.25, -0.2) is 0 Å². The van der Waals surface area contributed by atoms with Crippen LogP contribution in [0.25, 0.3) is 11.1 Å². The summed E-state index contributed by atoms with van der Waals surface area (Å²) in [5.74, 6) is 0.118. The van der Waals surface area contributed by atoms with Crippen LogP contribution in [0.2, 0.25) is 0 Å². The lowest BCUT2D eigenvalue weighted by atomic mass is 10.0. The number of hydrogen-bond donors (Lipinski definition) is 2. The van der Waals surface area contributed by atoms with E-state index in [4.69, 9.17) is 5.73 Å². The molecule has 1 aromatic heterocycles. The number of anilines is 1. The van der Waals surface area contributed by atoms with Crippen LogP contribution in [0.1, 0.15) is 6.92 Å². The number of rotatable bonds is 2. The number of pyridine rings is 1. The molecule has 88 valence electrons. The number of aryl methyl sites for hydroxylation is 1. The van der Waals surface area contributed by atoms with Crippen molar-refractivity contribution < 1.29 is 5.11 Å². The summed E-state index contributed by atoms with van der Waals surface area (Å²) in [5.41, 5.74) is 6.89. The lowest BCUT2D eigenvalue weighted by molar-refractivity contribution is 0.477. The molecule has 2 rings (SSSR count). The molecule has 0 aliphatic carbocycles. The van der Waals surface area contributed by atoms with Crippen LogP contribution in [0.15, 0.2) is 41.3 Å². The Labute approximate surface area is 98.9 Å². The van der Waals surface area contributed by atoms with E-state index in [-0.39, 0.29) is 17.0 Å². The second-order valence-corrected chi connectivity index (χ2v) is 3.75. The highest BCUT2D eigenvalue weighted by atomic mass is 16.3. The highest BCUT2D eigenvalue weighted by molar-refractivity contribution is 5.79. The Hall–Kier alpha value is -2.23. The summed E-state index contributed by atoms with van der Waals surface area (Å²) in [5, 5.41) is 9.74. The van der Waals surface area contributed by atoms with E-state index in [1.807, 2.05) is 6.92 Å². The molecule has 0 aliphatic rings. The maximum atomic E-state index is 11.9. The Balaban J connectivity index is 2.66. The second kappa shape index (κ2) is 4.33. The summed E-state index contributed by atoms with van der Waals surface area (Å²) in [7, 11) is 0. The minimum Gasteiger partial charge on any atom is -0.507 e. The number of phenolic OH excluding ortho intramolecular Hbond substituents is 1. The molecule has 0 bridgehead atoms. The smallest absolute Gasteiger partial charge is 0.274 e. The lowest BCUT2D eigenvalue weighted by Crippen LogP contribution is -2.22. The Morgan fingerprint density at radius 2 is 1.94 bits per heavy atom. The van der Waals surface area contributed by atoms with Gasteiger partial charge >= 0.3 is 0 Å². The van der Waals surface area contributed by atoms with Gasteiger partial charge in [0.25, 0.3) is 5.56 Å². The number of para-hydroxylation sites is 1. The van der Waals surface area contributed by atoms with Gasteiger partial charge in [-0.05, 0) is 19.1 Å². The van der Waals surface area contributed by atoms with E-state index in [2.05, 4.69) is 0 Å². The number of phenols is 1. The predicted octanol–water partition coefficient (Wildman–Crippen LogP) is 1.82.